The molecule has 0 saturated carbocycles. The van der Waals surface area contributed by atoms with Crippen molar-refractivity contribution >= 4 is 27.7 Å². The van der Waals surface area contributed by atoms with Gasteiger partial charge in [-0.3, -0.25) is 0 Å². The Labute approximate surface area is 104 Å². The van der Waals surface area contributed by atoms with E-state index in [4.69, 9.17) is 4.74 Å². The topological polar surface area (TPSA) is 37.4 Å². The number of aliphatic imine (C=N–C) groups is 1. The molecule has 0 bridgehead atoms. The SMILES string of the molecule is c1ccc2c(c1)[nH]c1c(C3=NCCO3)cccc12. The molecule has 1 aliphatic heterocycles. The Morgan fingerprint density at radius 3 is 2.78 bits per heavy atom. The minimum absolute atomic E-state index is 0.686. The van der Waals surface area contributed by atoms with Crippen molar-refractivity contribution in [1.82, 2.24) is 4.98 Å². The maximum Gasteiger partial charge on any atom is 0.218 e. The maximum absolute atomic E-state index is 5.57. The average molecular weight is 236 g/mol. The minimum Gasteiger partial charge on any atom is -0.475 e. The van der Waals surface area contributed by atoms with Crippen LogP contribution in [0.25, 0.3) is 21.8 Å². The second kappa shape index (κ2) is 3.60. The Bertz CT molecular complexity index is 770. The average Bonchev–Trinajstić information content (AvgIpc) is 3.05. The van der Waals surface area contributed by atoms with E-state index in [1.165, 1.54) is 10.8 Å². The third-order valence-corrected chi connectivity index (χ3v) is 3.36. The number of ether oxygens (including phenoxy) is 1. The molecule has 0 saturated heterocycles. The van der Waals surface area contributed by atoms with Gasteiger partial charge in [-0.05, 0) is 12.1 Å². The number of nitrogens with one attached hydrogen (secondary N) is 1. The molecule has 0 atom stereocenters. The summed E-state index contributed by atoms with van der Waals surface area (Å²) in [6, 6.07) is 14.6. The molecule has 1 aromatic heterocycles. The van der Waals surface area contributed by atoms with Crippen LogP contribution in [0.4, 0.5) is 0 Å². The van der Waals surface area contributed by atoms with E-state index in [1.54, 1.807) is 0 Å². The standard InChI is InChI=1S/C15H12N2O/c1-2-7-13-10(4-1)11-5-3-6-12(14(11)17-13)15-16-8-9-18-15/h1-7,17H,8-9H2. The van der Waals surface area contributed by atoms with Gasteiger partial charge in [0.15, 0.2) is 0 Å². The fraction of sp³-hybridized carbons (Fsp3) is 0.133. The third-order valence-electron chi connectivity index (χ3n) is 3.36. The summed E-state index contributed by atoms with van der Waals surface area (Å²) in [5, 5.41) is 2.47. The van der Waals surface area contributed by atoms with Crippen LogP contribution in [0.2, 0.25) is 0 Å². The Hall–Kier alpha value is -2.29. The zero-order valence-electron chi connectivity index (χ0n) is 9.81. The number of aromatic amines is 1. The van der Waals surface area contributed by atoms with E-state index in [0.717, 1.165) is 29.0 Å². The van der Waals surface area contributed by atoms with Gasteiger partial charge in [0, 0.05) is 16.3 Å². The molecule has 1 aliphatic rings. The molecule has 18 heavy (non-hydrogen) atoms. The zero-order chi connectivity index (χ0) is 11.9. The molecule has 0 fully saturated rings. The molecule has 0 amide bonds. The van der Waals surface area contributed by atoms with E-state index in [1.807, 2.05) is 6.07 Å². The van der Waals surface area contributed by atoms with Gasteiger partial charge in [-0.25, -0.2) is 4.99 Å². The number of hydrogen-bond acceptors (Lipinski definition) is 2. The van der Waals surface area contributed by atoms with Crippen LogP contribution in [0, 0.1) is 0 Å². The molecule has 0 spiro atoms. The van der Waals surface area contributed by atoms with Crippen LogP contribution in [0.15, 0.2) is 47.5 Å². The van der Waals surface area contributed by atoms with Gasteiger partial charge in [0.25, 0.3) is 0 Å². The maximum atomic E-state index is 5.57. The zero-order valence-corrected chi connectivity index (χ0v) is 9.81. The van der Waals surface area contributed by atoms with Crippen LogP contribution in [-0.2, 0) is 4.74 Å². The number of hydrogen-bond donors (Lipinski definition) is 1. The summed E-state index contributed by atoms with van der Waals surface area (Å²) < 4.78 is 5.57. The van der Waals surface area contributed by atoms with Gasteiger partial charge in [-0.1, -0.05) is 30.3 Å². The first kappa shape index (κ1) is 9.71. The molecule has 1 N–H and O–H groups in total. The van der Waals surface area contributed by atoms with Crippen molar-refractivity contribution in [2.75, 3.05) is 13.2 Å². The van der Waals surface area contributed by atoms with E-state index < -0.39 is 0 Å². The summed E-state index contributed by atoms with van der Waals surface area (Å²) in [7, 11) is 0. The van der Waals surface area contributed by atoms with Crippen LogP contribution in [0.5, 0.6) is 0 Å². The molecule has 0 unspecified atom stereocenters. The first-order chi connectivity index (χ1) is 8.93. The van der Waals surface area contributed by atoms with Gasteiger partial charge in [-0.2, -0.15) is 0 Å². The lowest BCUT2D eigenvalue weighted by Gasteiger charge is -2.02. The van der Waals surface area contributed by atoms with Gasteiger partial charge in [-0.15, -0.1) is 0 Å². The largest absolute Gasteiger partial charge is 0.475 e. The van der Waals surface area contributed by atoms with Gasteiger partial charge in [0.05, 0.1) is 17.6 Å². The lowest BCUT2D eigenvalue weighted by atomic mass is 10.1. The first-order valence-electron chi connectivity index (χ1n) is 6.10. The molecule has 4 rings (SSSR count). The summed E-state index contributed by atoms with van der Waals surface area (Å²) in [6.07, 6.45) is 0. The molecule has 3 nitrogen and oxygen atoms in total. The normalized spacial score (nSPS) is 15.0. The van der Waals surface area contributed by atoms with Crippen LogP contribution < -0.4 is 0 Å². The number of aromatic nitrogens is 1. The van der Waals surface area contributed by atoms with Gasteiger partial charge in [0.2, 0.25) is 5.90 Å². The second-order valence-electron chi connectivity index (χ2n) is 4.43. The Morgan fingerprint density at radius 1 is 1.00 bits per heavy atom. The van der Waals surface area contributed by atoms with Crippen molar-refractivity contribution in [3.05, 3.63) is 48.0 Å². The van der Waals surface area contributed by atoms with Crippen molar-refractivity contribution in [1.29, 1.82) is 0 Å². The molecule has 2 aromatic carbocycles. The summed E-state index contributed by atoms with van der Waals surface area (Å²) >= 11 is 0. The van der Waals surface area contributed by atoms with E-state index in [-0.39, 0.29) is 0 Å². The molecular weight excluding hydrogens is 224 g/mol. The van der Waals surface area contributed by atoms with Crippen molar-refractivity contribution in [2.24, 2.45) is 4.99 Å². The highest BCUT2D eigenvalue weighted by atomic mass is 16.5. The van der Waals surface area contributed by atoms with Crippen molar-refractivity contribution in [3.63, 3.8) is 0 Å². The van der Waals surface area contributed by atoms with E-state index in [9.17, 15) is 0 Å². The van der Waals surface area contributed by atoms with E-state index in [0.29, 0.717) is 6.61 Å². The number of fused-ring (bicyclic) bond motifs is 3. The Morgan fingerprint density at radius 2 is 1.89 bits per heavy atom. The highest BCUT2D eigenvalue weighted by Gasteiger charge is 2.15. The van der Waals surface area contributed by atoms with Crippen molar-refractivity contribution in [3.8, 4) is 0 Å². The highest BCUT2D eigenvalue weighted by molar-refractivity contribution is 6.15. The van der Waals surface area contributed by atoms with Gasteiger partial charge >= 0.3 is 0 Å². The van der Waals surface area contributed by atoms with Crippen LogP contribution in [-0.4, -0.2) is 24.0 Å². The molecule has 0 radical (unpaired) electrons. The summed E-state index contributed by atoms with van der Waals surface area (Å²) in [5.74, 6) is 0.757. The Kier molecular flexibility index (Phi) is 1.94. The highest BCUT2D eigenvalue weighted by Crippen LogP contribution is 2.28. The van der Waals surface area contributed by atoms with Crippen LogP contribution in [0.3, 0.4) is 0 Å². The molecule has 3 heteroatoms. The Balaban J connectivity index is 2.09. The fourth-order valence-corrected chi connectivity index (χ4v) is 2.55. The quantitative estimate of drug-likeness (QED) is 0.692. The molecular formula is C15H12N2O. The predicted octanol–water partition coefficient (Wildman–Crippen LogP) is 3.10. The predicted molar refractivity (Wildman–Crippen MR) is 73.2 cm³/mol. The molecule has 0 aliphatic carbocycles. The van der Waals surface area contributed by atoms with E-state index >= 15 is 0 Å². The number of para-hydroxylation sites is 2. The molecule has 2 heterocycles. The number of benzene rings is 2. The fourth-order valence-electron chi connectivity index (χ4n) is 2.55. The van der Waals surface area contributed by atoms with Crippen molar-refractivity contribution in [2.45, 2.75) is 0 Å². The smallest absolute Gasteiger partial charge is 0.218 e. The number of H-pyrrole nitrogens is 1. The summed E-state index contributed by atoms with van der Waals surface area (Å²) in [4.78, 5) is 7.86. The molecule has 3 aromatic rings. The van der Waals surface area contributed by atoms with E-state index in [2.05, 4.69) is 46.4 Å². The lowest BCUT2D eigenvalue weighted by molar-refractivity contribution is 0.348. The third kappa shape index (κ3) is 1.27. The summed E-state index contributed by atoms with van der Waals surface area (Å²) in [5.41, 5.74) is 3.32. The molecule has 88 valence electrons. The second-order valence-corrected chi connectivity index (χ2v) is 4.43. The number of rotatable bonds is 1. The van der Waals surface area contributed by atoms with Crippen molar-refractivity contribution < 1.29 is 4.74 Å². The van der Waals surface area contributed by atoms with Crippen LogP contribution in [0.1, 0.15) is 5.56 Å². The summed E-state index contributed by atoms with van der Waals surface area (Å²) in [6.45, 7) is 1.44. The minimum atomic E-state index is 0.686. The lowest BCUT2D eigenvalue weighted by Crippen LogP contribution is -2.01. The van der Waals surface area contributed by atoms with Gasteiger partial charge < -0.3 is 9.72 Å². The first-order valence-corrected chi connectivity index (χ1v) is 6.10. The monoisotopic (exact) mass is 236 g/mol. The number of nitrogens with zero attached hydrogens (tertiary/aromatic N) is 1. The van der Waals surface area contributed by atoms with Crippen LogP contribution >= 0.6 is 0 Å². The van der Waals surface area contributed by atoms with Gasteiger partial charge in [0.1, 0.15) is 6.61 Å².